The first-order valence-corrected chi connectivity index (χ1v) is 12.2. The number of primary amides is 1. The Labute approximate surface area is 224 Å². The number of hydrogen-bond donors (Lipinski definition) is 8. The van der Waals surface area contributed by atoms with E-state index in [1.54, 1.807) is 0 Å². The standard InChI is InChI=1S/C22H29N5O13/c23-17(33)16(15-13(31)14(32)20(39-15)26-6-4-11(29)25-22(26)36)40-21-12(30)9(28)7-10(38-21)18(34)24-8-3-1-2-5-27(37)19(8)35/h4,6-9,12-16,20-21,28,30-32,37H,1-3,5H2,(H2,23,33)(H,24,34)(H,25,29,36)/t8?,9?,12?,13?,14?,15-,16?,20+,21+/m0/s1. The zero-order chi connectivity index (χ0) is 29.3. The highest BCUT2D eigenvalue weighted by Gasteiger charge is 2.51. The highest BCUT2D eigenvalue weighted by atomic mass is 16.7. The zero-order valence-corrected chi connectivity index (χ0v) is 20.7. The van der Waals surface area contributed by atoms with Crippen molar-refractivity contribution in [1.29, 1.82) is 0 Å². The second kappa shape index (κ2) is 11.8. The largest absolute Gasteiger partial charge is 0.456 e. The van der Waals surface area contributed by atoms with Gasteiger partial charge in [0.2, 0.25) is 12.2 Å². The highest BCUT2D eigenvalue weighted by molar-refractivity contribution is 5.95. The van der Waals surface area contributed by atoms with Crippen LogP contribution in [-0.4, -0.2) is 113 Å². The minimum atomic E-state index is -1.96. The number of H-pyrrole nitrogens is 1. The van der Waals surface area contributed by atoms with Gasteiger partial charge in [-0.3, -0.25) is 33.9 Å². The first kappa shape index (κ1) is 29.3. The normalized spacial score (nSPS) is 33.5. The van der Waals surface area contributed by atoms with E-state index in [2.05, 4.69) is 5.32 Å². The molecular formula is C22H29N5O13. The molecule has 0 spiro atoms. The van der Waals surface area contributed by atoms with Gasteiger partial charge in [-0.25, -0.2) is 9.86 Å². The Kier molecular flexibility index (Phi) is 8.68. The van der Waals surface area contributed by atoms with E-state index in [0.717, 1.165) is 22.9 Å². The highest BCUT2D eigenvalue weighted by Crippen LogP contribution is 2.32. The third-order valence-corrected chi connectivity index (χ3v) is 6.65. The maximum absolute atomic E-state index is 12.8. The van der Waals surface area contributed by atoms with Crippen molar-refractivity contribution in [2.45, 2.75) is 74.4 Å². The maximum Gasteiger partial charge on any atom is 0.330 e. The number of aromatic amines is 1. The van der Waals surface area contributed by atoms with Crippen molar-refractivity contribution in [3.8, 4) is 0 Å². The van der Waals surface area contributed by atoms with Crippen LogP contribution in [0.2, 0.25) is 0 Å². The molecule has 2 fully saturated rings. The van der Waals surface area contributed by atoms with E-state index in [-0.39, 0.29) is 13.0 Å². The number of amides is 3. The van der Waals surface area contributed by atoms with E-state index in [0.29, 0.717) is 17.9 Å². The molecule has 18 heteroatoms. The van der Waals surface area contributed by atoms with Gasteiger partial charge in [0.05, 0.1) is 0 Å². The van der Waals surface area contributed by atoms with Crippen molar-refractivity contribution in [1.82, 2.24) is 19.9 Å². The summed E-state index contributed by atoms with van der Waals surface area (Å²) in [4.78, 5) is 62.8. The first-order valence-electron chi connectivity index (χ1n) is 12.2. The fourth-order valence-corrected chi connectivity index (χ4v) is 4.52. The van der Waals surface area contributed by atoms with Gasteiger partial charge in [-0.15, -0.1) is 0 Å². The molecule has 3 amide bonds. The number of aliphatic hydroxyl groups excluding tert-OH is 4. The van der Waals surface area contributed by atoms with Crippen LogP contribution in [0.4, 0.5) is 0 Å². The molecule has 9 atom stereocenters. The van der Waals surface area contributed by atoms with Crippen molar-refractivity contribution in [3.05, 3.63) is 44.9 Å². The van der Waals surface area contributed by atoms with Gasteiger partial charge in [0, 0.05) is 18.8 Å². The second-order valence-corrected chi connectivity index (χ2v) is 9.43. The number of aliphatic hydroxyl groups is 4. The Morgan fingerprint density at radius 2 is 1.85 bits per heavy atom. The van der Waals surface area contributed by atoms with Gasteiger partial charge in [0.1, 0.15) is 36.6 Å². The fraction of sp³-hybridized carbons (Fsp3) is 0.591. The molecule has 9 N–H and O–H groups in total. The summed E-state index contributed by atoms with van der Waals surface area (Å²) in [7, 11) is 0. The monoisotopic (exact) mass is 571 g/mol. The quantitative estimate of drug-likeness (QED) is 0.142. The molecule has 0 bridgehead atoms. The summed E-state index contributed by atoms with van der Waals surface area (Å²) in [5, 5.41) is 54.3. The van der Waals surface area contributed by atoms with Crippen LogP contribution in [0.5, 0.6) is 0 Å². The Morgan fingerprint density at radius 1 is 1.12 bits per heavy atom. The SMILES string of the molecule is NC(=O)C(O[C@H]1OC(C(=O)NC2CCCCN(O)C2=O)=CC(O)C1O)[C@H]1O[C@@H](n2ccc(=O)[nH]c2=O)C(O)C1O. The predicted octanol–water partition coefficient (Wildman–Crippen LogP) is -5.13. The van der Waals surface area contributed by atoms with Crippen molar-refractivity contribution >= 4 is 17.7 Å². The second-order valence-electron chi connectivity index (χ2n) is 9.43. The Morgan fingerprint density at radius 3 is 2.52 bits per heavy atom. The third-order valence-electron chi connectivity index (χ3n) is 6.65. The number of rotatable bonds is 7. The van der Waals surface area contributed by atoms with Gasteiger partial charge >= 0.3 is 5.69 Å². The van der Waals surface area contributed by atoms with E-state index in [1.807, 2.05) is 4.98 Å². The van der Waals surface area contributed by atoms with Crippen molar-refractivity contribution < 1.29 is 54.2 Å². The number of nitrogens with zero attached hydrogens (tertiary/aromatic N) is 2. The molecule has 0 radical (unpaired) electrons. The van der Waals surface area contributed by atoms with Crippen LogP contribution in [-0.2, 0) is 28.6 Å². The minimum Gasteiger partial charge on any atom is -0.456 e. The molecule has 2 saturated heterocycles. The summed E-state index contributed by atoms with van der Waals surface area (Å²) in [5.41, 5.74) is 3.67. The lowest BCUT2D eigenvalue weighted by Gasteiger charge is -2.34. The minimum absolute atomic E-state index is 0.0845. The molecule has 0 saturated carbocycles. The topological polar surface area (TPSA) is 276 Å². The lowest BCUT2D eigenvalue weighted by atomic mass is 10.0. The van der Waals surface area contributed by atoms with E-state index >= 15 is 0 Å². The Balaban J connectivity index is 1.50. The summed E-state index contributed by atoms with van der Waals surface area (Å²) in [6, 6.07) is -0.157. The average molecular weight is 571 g/mol. The molecule has 3 aliphatic rings. The van der Waals surface area contributed by atoms with Gasteiger partial charge in [-0.05, 0) is 25.3 Å². The number of nitrogens with two attached hydrogens (primary N) is 1. The van der Waals surface area contributed by atoms with Crippen LogP contribution in [0.25, 0.3) is 0 Å². The lowest BCUT2D eigenvalue weighted by Crippen LogP contribution is -2.54. The molecule has 6 unspecified atom stereocenters. The molecule has 0 aliphatic carbocycles. The Bertz CT molecular complexity index is 1280. The third kappa shape index (κ3) is 5.92. The lowest BCUT2D eigenvalue weighted by molar-refractivity contribution is -0.240. The number of carbonyl (C=O) groups excluding carboxylic acids is 3. The molecule has 1 aromatic rings. The number of hydrogen-bond acceptors (Lipinski definition) is 13. The molecule has 0 aromatic carbocycles. The van der Waals surface area contributed by atoms with Gasteiger partial charge < -0.3 is 45.7 Å². The number of hydroxylamine groups is 2. The van der Waals surface area contributed by atoms with Crippen LogP contribution in [0.1, 0.15) is 25.5 Å². The van der Waals surface area contributed by atoms with E-state index < -0.39 is 89.9 Å². The van der Waals surface area contributed by atoms with E-state index in [1.165, 1.54) is 0 Å². The van der Waals surface area contributed by atoms with Crippen molar-refractivity contribution in [3.63, 3.8) is 0 Å². The number of nitrogens with one attached hydrogen (secondary N) is 2. The van der Waals surface area contributed by atoms with Crippen molar-refractivity contribution in [2.24, 2.45) is 5.73 Å². The van der Waals surface area contributed by atoms with Crippen LogP contribution in [0.3, 0.4) is 0 Å². The van der Waals surface area contributed by atoms with Crippen LogP contribution in [0, 0.1) is 0 Å². The zero-order valence-electron chi connectivity index (χ0n) is 20.7. The van der Waals surface area contributed by atoms with Crippen molar-refractivity contribution in [2.75, 3.05) is 6.54 Å². The molecule has 18 nitrogen and oxygen atoms in total. The van der Waals surface area contributed by atoms with Crippen LogP contribution < -0.4 is 22.3 Å². The number of ether oxygens (including phenoxy) is 3. The van der Waals surface area contributed by atoms with Crippen LogP contribution in [0.15, 0.2) is 33.7 Å². The summed E-state index contributed by atoms with van der Waals surface area (Å²) < 4.78 is 17.0. The molecule has 4 rings (SSSR count). The first-order chi connectivity index (χ1) is 18.9. The molecule has 1 aromatic heterocycles. The van der Waals surface area contributed by atoms with Gasteiger partial charge in [0.25, 0.3) is 17.4 Å². The summed E-state index contributed by atoms with van der Waals surface area (Å²) in [5.74, 6) is -3.64. The average Bonchev–Trinajstić information content (AvgIpc) is 3.09. The summed E-state index contributed by atoms with van der Waals surface area (Å²) >= 11 is 0. The Hall–Kier alpha value is -3.65. The number of aromatic nitrogens is 2. The molecule has 3 aliphatic heterocycles. The van der Waals surface area contributed by atoms with E-state index in [4.69, 9.17) is 19.9 Å². The smallest absolute Gasteiger partial charge is 0.330 e. The van der Waals surface area contributed by atoms with Gasteiger partial charge in [-0.2, -0.15) is 0 Å². The number of carbonyl (C=O) groups is 3. The van der Waals surface area contributed by atoms with Gasteiger partial charge in [0.15, 0.2) is 18.1 Å². The summed E-state index contributed by atoms with van der Waals surface area (Å²) in [6.07, 6.45) is -11.5. The summed E-state index contributed by atoms with van der Waals surface area (Å²) in [6.45, 7) is 0.0845. The molecule has 220 valence electrons. The molecule has 4 heterocycles. The van der Waals surface area contributed by atoms with Gasteiger partial charge in [-0.1, -0.05) is 0 Å². The van der Waals surface area contributed by atoms with Crippen LogP contribution >= 0.6 is 0 Å². The fourth-order valence-electron chi connectivity index (χ4n) is 4.52. The van der Waals surface area contributed by atoms with E-state index in [9.17, 15) is 49.6 Å². The predicted molar refractivity (Wildman–Crippen MR) is 126 cm³/mol. The maximum atomic E-state index is 12.8. The molecular weight excluding hydrogens is 542 g/mol. The molecule has 40 heavy (non-hydrogen) atoms.